The van der Waals surface area contributed by atoms with Crippen LogP contribution in [0.3, 0.4) is 0 Å². The summed E-state index contributed by atoms with van der Waals surface area (Å²) in [5, 5.41) is 9.41. The lowest BCUT2D eigenvalue weighted by molar-refractivity contribution is -0.139. The van der Waals surface area contributed by atoms with Crippen LogP contribution in [0.25, 0.3) is 0 Å². The standard InChI is InChI=1S/C14H12BrClN2O3S/c1-2-20-14(19)12-8(5-16)21-13(18)7(6-17)11(12)9-3-4-10(15)22-9/h3-4,11H,2,5,18H2,1H3/t11-/m1/s1. The second kappa shape index (κ2) is 7.18. The molecule has 0 radical (unpaired) electrons. The highest BCUT2D eigenvalue weighted by Crippen LogP contribution is 2.43. The molecule has 0 unspecified atom stereocenters. The first-order chi connectivity index (χ1) is 10.5. The third-order valence-corrected chi connectivity index (χ3v) is 4.92. The summed E-state index contributed by atoms with van der Waals surface area (Å²) in [6.45, 7) is 1.91. The van der Waals surface area contributed by atoms with Gasteiger partial charge in [-0.15, -0.1) is 22.9 Å². The van der Waals surface area contributed by atoms with Gasteiger partial charge < -0.3 is 15.2 Å². The monoisotopic (exact) mass is 402 g/mol. The minimum Gasteiger partial charge on any atom is -0.463 e. The lowest BCUT2D eigenvalue weighted by atomic mass is 9.87. The molecule has 0 saturated carbocycles. The van der Waals surface area contributed by atoms with Crippen molar-refractivity contribution >= 4 is 44.8 Å². The molecular weight excluding hydrogens is 392 g/mol. The van der Waals surface area contributed by atoms with Crippen LogP contribution in [0.4, 0.5) is 0 Å². The molecule has 0 aliphatic carbocycles. The normalized spacial score (nSPS) is 18.0. The van der Waals surface area contributed by atoms with Gasteiger partial charge in [-0.3, -0.25) is 0 Å². The van der Waals surface area contributed by atoms with Gasteiger partial charge in [0.15, 0.2) is 0 Å². The number of nitriles is 1. The molecule has 5 nitrogen and oxygen atoms in total. The molecule has 0 amide bonds. The summed E-state index contributed by atoms with van der Waals surface area (Å²) < 4.78 is 11.3. The molecule has 1 aliphatic rings. The predicted molar refractivity (Wildman–Crippen MR) is 87.1 cm³/mol. The summed E-state index contributed by atoms with van der Waals surface area (Å²) in [6.07, 6.45) is 0. The van der Waals surface area contributed by atoms with Gasteiger partial charge in [-0.1, -0.05) is 0 Å². The molecule has 0 aromatic carbocycles. The first kappa shape index (κ1) is 16.9. The van der Waals surface area contributed by atoms with Gasteiger partial charge >= 0.3 is 5.97 Å². The number of carbonyl (C=O) groups is 1. The van der Waals surface area contributed by atoms with Crippen molar-refractivity contribution in [2.24, 2.45) is 5.73 Å². The summed E-state index contributed by atoms with van der Waals surface area (Å²) in [6, 6.07) is 5.68. The van der Waals surface area contributed by atoms with E-state index < -0.39 is 11.9 Å². The molecule has 116 valence electrons. The van der Waals surface area contributed by atoms with Crippen LogP contribution in [0, 0.1) is 11.3 Å². The third-order valence-electron chi connectivity index (χ3n) is 2.99. The maximum absolute atomic E-state index is 12.3. The predicted octanol–water partition coefficient (Wildman–Crippen LogP) is 3.37. The van der Waals surface area contributed by atoms with Crippen LogP contribution in [0.15, 0.2) is 38.7 Å². The van der Waals surface area contributed by atoms with Crippen molar-refractivity contribution in [3.63, 3.8) is 0 Å². The summed E-state index contributed by atoms with van der Waals surface area (Å²) >= 11 is 10.7. The van der Waals surface area contributed by atoms with Crippen LogP contribution in [0.1, 0.15) is 17.7 Å². The number of nitrogens with two attached hydrogens (primary N) is 1. The van der Waals surface area contributed by atoms with E-state index in [1.807, 2.05) is 18.2 Å². The highest BCUT2D eigenvalue weighted by molar-refractivity contribution is 9.11. The number of allylic oxidation sites excluding steroid dienone is 2. The van der Waals surface area contributed by atoms with Crippen LogP contribution in [-0.2, 0) is 14.3 Å². The largest absolute Gasteiger partial charge is 0.463 e. The van der Waals surface area contributed by atoms with Gasteiger partial charge in [-0.05, 0) is 35.0 Å². The fourth-order valence-electron chi connectivity index (χ4n) is 2.12. The zero-order valence-corrected chi connectivity index (χ0v) is 14.7. The van der Waals surface area contributed by atoms with Crippen molar-refractivity contribution in [3.05, 3.63) is 43.6 Å². The van der Waals surface area contributed by atoms with E-state index in [0.717, 1.165) is 8.66 Å². The van der Waals surface area contributed by atoms with Gasteiger partial charge in [0.25, 0.3) is 0 Å². The highest BCUT2D eigenvalue weighted by atomic mass is 79.9. The van der Waals surface area contributed by atoms with Gasteiger partial charge in [0.1, 0.15) is 17.4 Å². The van der Waals surface area contributed by atoms with E-state index in [2.05, 4.69) is 15.9 Å². The zero-order valence-electron chi connectivity index (χ0n) is 11.6. The number of hydrogen-bond donors (Lipinski definition) is 1. The fourth-order valence-corrected chi connectivity index (χ4v) is 3.86. The summed E-state index contributed by atoms with van der Waals surface area (Å²) in [4.78, 5) is 13.1. The Bertz CT molecular complexity index is 705. The van der Waals surface area contributed by atoms with Gasteiger partial charge in [-0.2, -0.15) is 5.26 Å². The average Bonchev–Trinajstić information content (AvgIpc) is 2.92. The van der Waals surface area contributed by atoms with Gasteiger partial charge in [0.05, 0.1) is 27.8 Å². The zero-order chi connectivity index (χ0) is 16.3. The number of rotatable bonds is 4. The molecule has 1 aliphatic heterocycles. The lowest BCUT2D eigenvalue weighted by Crippen LogP contribution is -2.26. The number of ether oxygens (including phenoxy) is 2. The first-order valence-corrected chi connectivity index (χ1v) is 8.46. The molecular formula is C14H12BrClN2O3S. The molecule has 2 N–H and O–H groups in total. The SMILES string of the molecule is CCOC(=O)C1=C(CCl)OC(N)=C(C#N)[C@@H]1c1ccc(Br)s1. The quantitative estimate of drug-likeness (QED) is 0.615. The van der Waals surface area contributed by atoms with Crippen LogP contribution in [-0.4, -0.2) is 18.5 Å². The van der Waals surface area contributed by atoms with E-state index in [1.54, 1.807) is 6.92 Å². The smallest absolute Gasteiger partial charge is 0.338 e. The van der Waals surface area contributed by atoms with Crippen LogP contribution >= 0.6 is 38.9 Å². The van der Waals surface area contributed by atoms with E-state index in [0.29, 0.717) is 0 Å². The second-order valence-electron chi connectivity index (χ2n) is 4.26. The first-order valence-electron chi connectivity index (χ1n) is 6.32. The molecule has 0 fully saturated rings. The second-order valence-corrected chi connectivity index (χ2v) is 7.02. The minimum atomic E-state index is -0.636. The van der Waals surface area contributed by atoms with E-state index in [1.165, 1.54) is 11.3 Å². The van der Waals surface area contributed by atoms with Crippen molar-refractivity contribution in [2.75, 3.05) is 12.5 Å². The Kier molecular flexibility index (Phi) is 5.51. The van der Waals surface area contributed by atoms with Crippen LogP contribution in [0.5, 0.6) is 0 Å². The van der Waals surface area contributed by atoms with E-state index >= 15 is 0 Å². The summed E-state index contributed by atoms with van der Waals surface area (Å²) in [7, 11) is 0. The van der Waals surface area contributed by atoms with E-state index in [4.69, 9.17) is 26.8 Å². The van der Waals surface area contributed by atoms with Gasteiger partial charge in [-0.25, -0.2) is 4.79 Å². The molecule has 2 rings (SSSR count). The Morgan fingerprint density at radius 1 is 1.64 bits per heavy atom. The highest BCUT2D eigenvalue weighted by Gasteiger charge is 2.38. The molecule has 8 heteroatoms. The molecule has 0 spiro atoms. The van der Waals surface area contributed by atoms with Crippen molar-refractivity contribution in [1.82, 2.24) is 0 Å². The van der Waals surface area contributed by atoms with Crippen molar-refractivity contribution < 1.29 is 14.3 Å². The van der Waals surface area contributed by atoms with Crippen molar-refractivity contribution in [2.45, 2.75) is 12.8 Å². The molecule has 1 aromatic rings. The molecule has 1 atom stereocenters. The number of esters is 1. The number of carbonyl (C=O) groups excluding carboxylic acids is 1. The number of nitrogens with zero attached hydrogens (tertiary/aromatic N) is 1. The minimum absolute atomic E-state index is 0.0410. The molecule has 22 heavy (non-hydrogen) atoms. The van der Waals surface area contributed by atoms with Gasteiger partial charge in [0.2, 0.25) is 5.88 Å². The maximum Gasteiger partial charge on any atom is 0.338 e. The molecule has 1 aromatic heterocycles. The Labute approximate surface area is 145 Å². The molecule has 0 bridgehead atoms. The maximum atomic E-state index is 12.3. The van der Waals surface area contributed by atoms with Crippen LogP contribution in [0.2, 0.25) is 0 Å². The summed E-state index contributed by atoms with van der Waals surface area (Å²) in [5.74, 6) is -1.07. The van der Waals surface area contributed by atoms with E-state index in [-0.39, 0.29) is 35.3 Å². The number of thiophene rings is 1. The average molecular weight is 404 g/mol. The van der Waals surface area contributed by atoms with Crippen molar-refractivity contribution in [1.29, 1.82) is 5.26 Å². The Hall–Kier alpha value is -1.49. The Morgan fingerprint density at radius 3 is 2.86 bits per heavy atom. The number of alkyl halides is 1. The lowest BCUT2D eigenvalue weighted by Gasteiger charge is -2.26. The van der Waals surface area contributed by atoms with Crippen LogP contribution < -0.4 is 5.73 Å². The third kappa shape index (κ3) is 3.14. The summed E-state index contributed by atoms with van der Waals surface area (Å²) in [5.41, 5.74) is 6.20. The fraction of sp³-hybridized carbons (Fsp3) is 0.286. The molecule has 0 saturated heterocycles. The topological polar surface area (TPSA) is 85.3 Å². The number of hydrogen-bond acceptors (Lipinski definition) is 6. The Balaban J connectivity index is 2.62. The molecule has 2 heterocycles. The van der Waals surface area contributed by atoms with Gasteiger partial charge in [0, 0.05) is 4.88 Å². The van der Waals surface area contributed by atoms with E-state index in [9.17, 15) is 10.1 Å². The Morgan fingerprint density at radius 2 is 2.36 bits per heavy atom. The van der Waals surface area contributed by atoms with Crippen molar-refractivity contribution in [3.8, 4) is 6.07 Å². The number of halogens is 2.